The van der Waals surface area contributed by atoms with Gasteiger partial charge in [0.1, 0.15) is 11.6 Å². The van der Waals surface area contributed by atoms with Crippen LogP contribution in [-0.4, -0.2) is 5.91 Å². The Morgan fingerprint density at radius 3 is 2.43 bits per heavy atom. The van der Waals surface area contributed by atoms with E-state index in [0.717, 1.165) is 35.4 Å². The van der Waals surface area contributed by atoms with E-state index in [1.54, 1.807) is 0 Å². The SMILES string of the molecule is Cc1ccc(C)c(NC(=O)/C=C/c2c(F)cccc2F)c1. The zero-order chi connectivity index (χ0) is 15.4. The molecule has 4 heteroatoms. The Labute approximate surface area is 122 Å². The van der Waals surface area contributed by atoms with Gasteiger partial charge in [-0.2, -0.15) is 0 Å². The molecule has 0 aromatic heterocycles. The number of hydrogen-bond acceptors (Lipinski definition) is 1. The van der Waals surface area contributed by atoms with Crippen LogP contribution in [0.2, 0.25) is 0 Å². The second kappa shape index (κ2) is 6.31. The number of carbonyl (C=O) groups excluding carboxylic acids is 1. The Kier molecular flexibility index (Phi) is 4.48. The molecule has 1 N–H and O–H groups in total. The van der Waals surface area contributed by atoms with Crippen molar-refractivity contribution in [1.82, 2.24) is 0 Å². The van der Waals surface area contributed by atoms with Gasteiger partial charge < -0.3 is 5.32 Å². The highest BCUT2D eigenvalue weighted by atomic mass is 19.1. The number of rotatable bonds is 3. The molecule has 0 aliphatic carbocycles. The monoisotopic (exact) mass is 287 g/mol. The molecule has 2 nitrogen and oxygen atoms in total. The van der Waals surface area contributed by atoms with Crippen LogP contribution in [-0.2, 0) is 4.79 Å². The molecule has 2 aromatic rings. The molecule has 0 unspecified atom stereocenters. The maximum absolute atomic E-state index is 13.4. The van der Waals surface area contributed by atoms with Gasteiger partial charge in [-0.3, -0.25) is 4.79 Å². The lowest BCUT2D eigenvalue weighted by Crippen LogP contribution is -2.09. The van der Waals surface area contributed by atoms with Crippen molar-refractivity contribution >= 4 is 17.7 Å². The van der Waals surface area contributed by atoms with Crippen LogP contribution in [0.25, 0.3) is 6.08 Å². The number of hydrogen-bond donors (Lipinski definition) is 1. The Balaban J connectivity index is 2.15. The smallest absolute Gasteiger partial charge is 0.248 e. The summed E-state index contributed by atoms with van der Waals surface area (Å²) in [6.45, 7) is 3.79. The highest BCUT2D eigenvalue weighted by Gasteiger charge is 2.06. The zero-order valence-electron chi connectivity index (χ0n) is 11.8. The first kappa shape index (κ1) is 14.9. The Morgan fingerprint density at radius 1 is 1.10 bits per heavy atom. The number of halogens is 2. The summed E-state index contributed by atoms with van der Waals surface area (Å²) in [7, 11) is 0. The molecular formula is C17H15F2NO. The van der Waals surface area contributed by atoms with E-state index in [1.807, 2.05) is 32.0 Å². The summed E-state index contributed by atoms with van der Waals surface area (Å²) < 4.78 is 26.8. The third-order valence-electron chi connectivity index (χ3n) is 3.05. The molecule has 2 aromatic carbocycles. The summed E-state index contributed by atoms with van der Waals surface area (Å²) in [4.78, 5) is 11.8. The van der Waals surface area contributed by atoms with E-state index < -0.39 is 17.5 Å². The van der Waals surface area contributed by atoms with E-state index in [-0.39, 0.29) is 5.56 Å². The largest absolute Gasteiger partial charge is 0.322 e. The van der Waals surface area contributed by atoms with Crippen molar-refractivity contribution in [3.05, 3.63) is 70.8 Å². The van der Waals surface area contributed by atoms with E-state index in [2.05, 4.69) is 5.32 Å². The molecule has 0 bridgehead atoms. The van der Waals surface area contributed by atoms with Crippen LogP contribution in [0.3, 0.4) is 0 Å². The minimum atomic E-state index is -0.703. The van der Waals surface area contributed by atoms with Crippen LogP contribution in [0.1, 0.15) is 16.7 Å². The maximum Gasteiger partial charge on any atom is 0.248 e. The van der Waals surface area contributed by atoms with Crippen LogP contribution in [0.5, 0.6) is 0 Å². The number of benzene rings is 2. The lowest BCUT2D eigenvalue weighted by molar-refractivity contribution is -0.111. The molecule has 0 spiro atoms. The van der Waals surface area contributed by atoms with Crippen LogP contribution in [0.4, 0.5) is 14.5 Å². The average molecular weight is 287 g/mol. The predicted molar refractivity (Wildman–Crippen MR) is 79.9 cm³/mol. The lowest BCUT2D eigenvalue weighted by atomic mass is 10.1. The second-order valence-electron chi connectivity index (χ2n) is 4.78. The number of carbonyl (C=O) groups is 1. The number of nitrogens with one attached hydrogen (secondary N) is 1. The van der Waals surface area contributed by atoms with Crippen molar-refractivity contribution in [2.24, 2.45) is 0 Å². The van der Waals surface area contributed by atoms with E-state index in [1.165, 1.54) is 6.07 Å². The minimum Gasteiger partial charge on any atom is -0.322 e. The van der Waals surface area contributed by atoms with E-state index in [4.69, 9.17) is 0 Å². The van der Waals surface area contributed by atoms with Crippen LogP contribution >= 0.6 is 0 Å². The fraction of sp³-hybridized carbons (Fsp3) is 0.118. The van der Waals surface area contributed by atoms with E-state index >= 15 is 0 Å². The highest BCUT2D eigenvalue weighted by molar-refractivity contribution is 6.02. The molecule has 0 heterocycles. The van der Waals surface area contributed by atoms with Crippen molar-refractivity contribution in [3.8, 4) is 0 Å². The van der Waals surface area contributed by atoms with Gasteiger partial charge in [-0.25, -0.2) is 8.78 Å². The standard InChI is InChI=1S/C17H15F2NO/c1-11-6-7-12(2)16(10-11)20-17(21)9-8-13-14(18)4-3-5-15(13)19/h3-10H,1-2H3,(H,20,21)/b9-8+. The molecule has 0 fully saturated rings. The topological polar surface area (TPSA) is 29.1 Å². The Hall–Kier alpha value is -2.49. The average Bonchev–Trinajstić information content (AvgIpc) is 2.42. The van der Waals surface area contributed by atoms with Crippen molar-refractivity contribution in [3.63, 3.8) is 0 Å². The fourth-order valence-electron chi connectivity index (χ4n) is 1.87. The zero-order valence-corrected chi connectivity index (χ0v) is 11.8. The van der Waals surface area contributed by atoms with Gasteiger partial charge in [0, 0.05) is 17.3 Å². The van der Waals surface area contributed by atoms with Crippen LogP contribution in [0.15, 0.2) is 42.5 Å². The molecule has 108 valence electrons. The van der Waals surface area contributed by atoms with Crippen LogP contribution in [0, 0.1) is 25.5 Å². The molecule has 21 heavy (non-hydrogen) atoms. The quantitative estimate of drug-likeness (QED) is 0.841. The van der Waals surface area contributed by atoms with Gasteiger partial charge in [0.05, 0.1) is 0 Å². The predicted octanol–water partition coefficient (Wildman–Crippen LogP) is 4.23. The molecule has 0 saturated carbocycles. The van der Waals surface area contributed by atoms with Gasteiger partial charge in [0.15, 0.2) is 0 Å². The molecule has 0 aliphatic rings. The van der Waals surface area contributed by atoms with Crippen molar-refractivity contribution < 1.29 is 13.6 Å². The molecule has 0 aliphatic heterocycles. The molecule has 1 amide bonds. The van der Waals surface area contributed by atoms with E-state index in [9.17, 15) is 13.6 Å². The number of aryl methyl sites for hydroxylation is 2. The van der Waals surface area contributed by atoms with Gasteiger partial charge in [0.2, 0.25) is 5.91 Å². The van der Waals surface area contributed by atoms with Crippen molar-refractivity contribution in [1.29, 1.82) is 0 Å². The van der Waals surface area contributed by atoms with Crippen LogP contribution < -0.4 is 5.32 Å². The summed E-state index contributed by atoms with van der Waals surface area (Å²) in [5.41, 5.74) is 2.38. The van der Waals surface area contributed by atoms with Gasteiger partial charge in [0.25, 0.3) is 0 Å². The highest BCUT2D eigenvalue weighted by Crippen LogP contribution is 2.17. The molecule has 0 saturated heterocycles. The Morgan fingerprint density at radius 2 is 1.76 bits per heavy atom. The van der Waals surface area contributed by atoms with Crippen molar-refractivity contribution in [2.45, 2.75) is 13.8 Å². The first-order valence-corrected chi connectivity index (χ1v) is 6.47. The fourth-order valence-corrected chi connectivity index (χ4v) is 1.87. The normalized spacial score (nSPS) is 10.9. The number of amides is 1. The van der Waals surface area contributed by atoms with Gasteiger partial charge in [-0.1, -0.05) is 18.2 Å². The van der Waals surface area contributed by atoms with Gasteiger partial charge >= 0.3 is 0 Å². The lowest BCUT2D eigenvalue weighted by Gasteiger charge is -2.07. The van der Waals surface area contributed by atoms with Gasteiger partial charge in [-0.15, -0.1) is 0 Å². The summed E-state index contributed by atoms with van der Waals surface area (Å²) in [6.07, 6.45) is 2.24. The molecule has 0 atom stereocenters. The van der Waals surface area contributed by atoms with Crippen molar-refractivity contribution in [2.75, 3.05) is 5.32 Å². The first-order chi connectivity index (χ1) is 9.97. The third-order valence-corrected chi connectivity index (χ3v) is 3.05. The first-order valence-electron chi connectivity index (χ1n) is 6.47. The minimum absolute atomic E-state index is 0.228. The summed E-state index contributed by atoms with van der Waals surface area (Å²) in [5.74, 6) is -1.84. The maximum atomic E-state index is 13.4. The summed E-state index contributed by atoms with van der Waals surface area (Å²) >= 11 is 0. The Bertz CT molecular complexity index is 688. The second-order valence-corrected chi connectivity index (χ2v) is 4.78. The molecule has 0 radical (unpaired) electrons. The third kappa shape index (κ3) is 3.75. The molecular weight excluding hydrogens is 272 g/mol. The van der Waals surface area contributed by atoms with E-state index in [0.29, 0.717) is 5.69 Å². The summed E-state index contributed by atoms with van der Waals surface area (Å²) in [6, 6.07) is 9.24. The summed E-state index contributed by atoms with van der Waals surface area (Å²) in [5, 5.41) is 2.69. The van der Waals surface area contributed by atoms with Gasteiger partial charge in [-0.05, 0) is 49.2 Å². The number of anilines is 1. The molecule has 2 rings (SSSR count).